The lowest BCUT2D eigenvalue weighted by atomic mass is 10.1. The number of alkyl halides is 2. The number of carbonyl (C=O) groups excluding carboxylic acids is 1. The van der Waals surface area contributed by atoms with E-state index in [9.17, 15) is 13.6 Å². The molecule has 1 aliphatic heterocycles. The van der Waals surface area contributed by atoms with E-state index in [0.29, 0.717) is 24.7 Å². The number of rotatable bonds is 5. The summed E-state index contributed by atoms with van der Waals surface area (Å²) < 4.78 is 29.9. The van der Waals surface area contributed by atoms with Crippen LogP contribution in [0.15, 0.2) is 36.7 Å². The second-order valence-corrected chi connectivity index (χ2v) is 7.05. The highest BCUT2D eigenvalue weighted by atomic mass is 19.3. The molecular formula is C18H20F2N4O. The lowest BCUT2D eigenvalue weighted by molar-refractivity contribution is -0.133. The lowest BCUT2D eigenvalue weighted by Crippen LogP contribution is -2.34. The fourth-order valence-electron chi connectivity index (χ4n) is 3.42. The van der Waals surface area contributed by atoms with E-state index in [0.717, 1.165) is 18.4 Å². The summed E-state index contributed by atoms with van der Waals surface area (Å²) in [7, 11) is 0. The Labute approximate surface area is 144 Å². The molecule has 1 atom stereocenters. The normalized spacial score (nSPS) is 22.3. The Morgan fingerprint density at radius 2 is 2.00 bits per heavy atom. The standard InChI is InChI=1S/C18H20F2N4O/c19-18(20)9-15(24(11-18)16(25)8-13-6-7-13)17-22-21-12-23(17)10-14-4-2-1-3-5-14/h1-5,12-13,15H,6-11H2/t15-/m0/s1. The summed E-state index contributed by atoms with van der Waals surface area (Å²) in [6.07, 6.45) is 3.55. The van der Waals surface area contributed by atoms with E-state index in [-0.39, 0.29) is 5.91 Å². The summed E-state index contributed by atoms with van der Waals surface area (Å²) in [6.45, 7) is -0.0304. The topological polar surface area (TPSA) is 51.0 Å². The third kappa shape index (κ3) is 3.55. The lowest BCUT2D eigenvalue weighted by Gasteiger charge is -2.23. The van der Waals surface area contributed by atoms with Gasteiger partial charge < -0.3 is 9.47 Å². The first-order chi connectivity index (χ1) is 12.0. The van der Waals surface area contributed by atoms with Crippen molar-refractivity contribution in [3.8, 4) is 0 Å². The number of amides is 1. The molecule has 132 valence electrons. The van der Waals surface area contributed by atoms with Gasteiger partial charge in [-0.25, -0.2) is 8.78 Å². The van der Waals surface area contributed by atoms with Crippen LogP contribution in [0, 0.1) is 5.92 Å². The monoisotopic (exact) mass is 346 g/mol. The summed E-state index contributed by atoms with van der Waals surface area (Å²) in [5.41, 5.74) is 1.03. The number of carbonyl (C=O) groups is 1. The molecule has 0 spiro atoms. The molecule has 2 aliphatic rings. The molecule has 0 unspecified atom stereocenters. The molecule has 25 heavy (non-hydrogen) atoms. The van der Waals surface area contributed by atoms with Crippen LogP contribution >= 0.6 is 0 Å². The molecule has 1 aliphatic carbocycles. The van der Waals surface area contributed by atoms with Gasteiger partial charge in [-0.15, -0.1) is 10.2 Å². The summed E-state index contributed by atoms with van der Waals surface area (Å²) >= 11 is 0. The molecule has 5 nitrogen and oxygen atoms in total. The van der Waals surface area contributed by atoms with Crippen molar-refractivity contribution < 1.29 is 13.6 Å². The van der Waals surface area contributed by atoms with E-state index in [1.54, 1.807) is 10.9 Å². The molecule has 2 aromatic rings. The number of likely N-dealkylation sites (tertiary alicyclic amines) is 1. The first-order valence-electron chi connectivity index (χ1n) is 8.61. The maximum atomic E-state index is 14.1. The Kier molecular flexibility index (Phi) is 4.01. The fraction of sp³-hybridized carbons (Fsp3) is 0.500. The van der Waals surface area contributed by atoms with Gasteiger partial charge >= 0.3 is 0 Å². The third-order valence-corrected chi connectivity index (χ3v) is 4.89. The number of aromatic nitrogens is 3. The zero-order valence-electron chi connectivity index (χ0n) is 13.8. The van der Waals surface area contributed by atoms with Gasteiger partial charge in [0.05, 0.1) is 19.1 Å². The van der Waals surface area contributed by atoms with Gasteiger partial charge in [0.1, 0.15) is 6.33 Å². The molecule has 1 amide bonds. The average Bonchev–Trinajstić information content (AvgIpc) is 3.17. The van der Waals surface area contributed by atoms with Crippen molar-refractivity contribution in [2.75, 3.05) is 6.54 Å². The van der Waals surface area contributed by atoms with Crippen molar-refractivity contribution in [3.05, 3.63) is 48.0 Å². The minimum absolute atomic E-state index is 0.195. The van der Waals surface area contributed by atoms with Crippen LogP contribution in [-0.4, -0.2) is 38.0 Å². The van der Waals surface area contributed by atoms with Crippen LogP contribution in [0.1, 0.15) is 43.1 Å². The van der Waals surface area contributed by atoms with Gasteiger partial charge in [0.25, 0.3) is 5.92 Å². The molecule has 0 radical (unpaired) electrons. The van der Waals surface area contributed by atoms with E-state index in [4.69, 9.17) is 0 Å². The van der Waals surface area contributed by atoms with Crippen LogP contribution < -0.4 is 0 Å². The highest BCUT2D eigenvalue weighted by molar-refractivity contribution is 5.77. The SMILES string of the molecule is O=C(CC1CC1)N1CC(F)(F)C[C@H]1c1nncn1Cc1ccccc1. The molecule has 2 heterocycles. The third-order valence-electron chi connectivity index (χ3n) is 4.89. The second kappa shape index (κ2) is 6.20. The number of benzene rings is 1. The molecular weight excluding hydrogens is 326 g/mol. The summed E-state index contributed by atoms with van der Waals surface area (Å²) in [6, 6.07) is 8.98. The van der Waals surface area contributed by atoms with Crippen molar-refractivity contribution in [2.24, 2.45) is 5.92 Å². The maximum Gasteiger partial charge on any atom is 0.267 e. The Bertz CT molecular complexity index is 757. The van der Waals surface area contributed by atoms with Crippen molar-refractivity contribution in [1.29, 1.82) is 0 Å². The number of nitrogens with zero attached hydrogens (tertiary/aromatic N) is 4. The van der Waals surface area contributed by atoms with Gasteiger partial charge in [0.15, 0.2) is 5.82 Å². The molecule has 1 saturated heterocycles. The molecule has 4 rings (SSSR count). The predicted molar refractivity (Wildman–Crippen MR) is 86.9 cm³/mol. The van der Waals surface area contributed by atoms with Gasteiger partial charge in [-0.2, -0.15) is 0 Å². The van der Waals surface area contributed by atoms with Gasteiger partial charge in [-0.05, 0) is 24.3 Å². The quantitative estimate of drug-likeness (QED) is 0.836. The van der Waals surface area contributed by atoms with Crippen molar-refractivity contribution in [2.45, 2.75) is 44.2 Å². The van der Waals surface area contributed by atoms with Crippen LogP contribution in [0.3, 0.4) is 0 Å². The summed E-state index contributed by atoms with van der Waals surface area (Å²) in [5, 5.41) is 7.98. The Balaban J connectivity index is 1.58. The van der Waals surface area contributed by atoms with Crippen LogP contribution in [-0.2, 0) is 11.3 Å². The number of hydrogen-bond donors (Lipinski definition) is 0. The van der Waals surface area contributed by atoms with Gasteiger partial charge in [0.2, 0.25) is 5.91 Å². The zero-order chi connectivity index (χ0) is 17.4. The molecule has 0 bridgehead atoms. The minimum Gasteiger partial charge on any atom is -0.326 e. The van der Waals surface area contributed by atoms with E-state index < -0.39 is 24.9 Å². The highest BCUT2D eigenvalue weighted by Gasteiger charge is 2.49. The Morgan fingerprint density at radius 1 is 1.24 bits per heavy atom. The van der Waals surface area contributed by atoms with E-state index >= 15 is 0 Å². The van der Waals surface area contributed by atoms with Gasteiger partial charge in [-0.1, -0.05) is 30.3 Å². The predicted octanol–water partition coefficient (Wildman–Crippen LogP) is 3.04. The highest BCUT2D eigenvalue weighted by Crippen LogP contribution is 2.42. The first-order valence-corrected chi connectivity index (χ1v) is 8.61. The molecule has 0 N–H and O–H groups in total. The maximum absolute atomic E-state index is 14.1. The van der Waals surface area contributed by atoms with Crippen LogP contribution in [0.25, 0.3) is 0 Å². The van der Waals surface area contributed by atoms with Crippen LogP contribution in [0.5, 0.6) is 0 Å². The van der Waals surface area contributed by atoms with Gasteiger partial charge in [-0.3, -0.25) is 4.79 Å². The second-order valence-electron chi connectivity index (χ2n) is 7.05. The minimum atomic E-state index is -2.88. The van der Waals surface area contributed by atoms with Crippen LogP contribution in [0.2, 0.25) is 0 Å². The number of halogens is 2. The summed E-state index contributed by atoms with van der Waals surface area (Å²) in [4.78, 5) is 13.8. The molecule has 1 saturated carbocycles. The van der Waals surface area contributed by atoms with E-state index in [1.165, 1.54) is 4.90 Å². The molecule has 2 fully saturated rings. The van der Waals surface area contributed by atoms with Crippen molar-refractivity contribution in [3.63, 3.8) is 0 Å². The molecule has 1 aromatic heterocycles. The zero-order valence-corrected chi connectivity index (χ0v) is 13.8. The smallest absolute Gasteiger partial charge is 0.267 e. The molecule has 7 heteroatoms. The van der Waals surface area contributed by atoms with Crippen molar-refractivity contribution in [1.82, 2.24) is 19.7 Å². The van der Waals surface area contributed by atoms with E-state index in [2.05, 4.69) is 10.2 Å². The van der Waals surface area contributed by atoms with Gasteiger partial charge in [0, 0.05) is 12.8 Å². The molecule has 1 aromatic carbocycles. The van der Waals surface area contributed by atoms with E-state index in [1.807, 2.05) is 30.3 Å². The largest absolute Gasteiger partial charge is 0.326 e. The number of hydrogen-bond acceptors (Lipinski definition) is 3. The Hall–Kier alpha value is -2.31. The summed E-state index contributed by atoms with van der Waals surface area (Å²) in [5.74, 6) is -2.28. The van der Waals surface area contributed by atoms with Crippen molar-refractivity contribution >= 4 is 5.91 Å². The average molecular weight is 346 g/mol. The Morgan fingerprint density at radius 3 is 2.72 bits per heavy atom. The first kappa shape index (κ1) is 16.2. The fourth-order valence-corrected chi connectivity index (χ4v) is 3.42. The van der Waals surface area contributed by atoms with Crippen LogP contribution in [0.4, 0.5) is 8.78 Å².